The van der Waals surface area contributed by atoms with Crippen LogP contribution in [0.5, 0.6) is 0 Å². The molecule has 0 saturated carbocycles. The molecular formula is C20H25N5O5. The number of anilines is 1. The van der Waals surface area contributed by atoms with Gasteiger partial charge in [-0.2, -0.15) is 4.98 Å². The van der Waals surface area contributed by atoms with E-state index in [1.165, 1.54) is 17.8 Å². The number of esters is 1. The lowest BCUT2D eigenvalue weighted by atomic mass is 9.85. The first-order valence-corrected chi connectivity index (χ1v) is 9.74. The van der Waals surface area contributed by atoms with Crippen LogP contribution in [0, 0.1) is 24.2 Å². The third-order valence-electron chi connectivity index (χ3n) is 5.38. The van der Waals surface area contributed by atoms with Gasteiger partial charge < -0.3 is 9.47 Å². The molecule has 0 aromatic carbocycles. The lowest BCUT2D eigenvalue weighted by Crippen LogP contribution is -2.35. The fourth-order valence-corrected chi connectivity index (χ4v) is 3.57. The van der Waals surface area contributed by atoms with Crippen LogP contribution in [0.1, 0.15) is 47.3 Å². The Balaban J connectivity index is 2.11. The van der Waals surface area contributed by atoms with E-state index in [9.17, 15) is 14.4 Å². The van der Waals surface area contributed by atoms with E-state index >= 15 is 0 Å². The van der Waals surface area contributed by atoms with Crippen LogP contribution < -0.4 is 10.9 Å². The SMILES string of the molecule is C#C[C@]1(CC)O[C@@H](n2cnc3c(=O)[nH]c(NC(=O)C(C)C)nc32)[C@@H](OC(C)=O)C1C. The Hall–Kier alpha value is -3.19. The lowest BCUT2D eigenvalue weighted by molar-refractivity contribution is -0.153. The van der Waals surface area contributed by atoms with Crippen molar-refractivity contribution in [2.24, 2.45) is 11.8 Å². The molecule has 2 aromatic heterocycles. The molecule has 1 fully saturated rings. The van der Waals surface area contributed by atoms with E-state index in [-0.39, 0.29) is 34.9 Å². The molecule has 1 saturated heterocycles. The van der Waals surface area contributed by atoms with E-state index in [0.29, 0.717) is 6.42 Å². The molecule has 0 spiro atoms. The lowest BCUT2D eigenvalue weighted by Gasteiger charge is -2.25. The fourth-order valence-electron chi connectivity index (χ4n) is 3.57. The summed E-state index contributed by atoms with van der Waals surface area (Å²) in [6.45, 7) is 8.48. The Morgan fingerprint density at radius 1 is 1.50 bits per heavy atom. The third-order valence-corrected chi connectivity index (χ3v) is 5.38. The van der Waals surface area contributed by atoms with Crippen LogP contribution in [0.2, 0.25) is 0 Å². The number of terminal acetylenes is 1. The number of hydrogen-bond acceptors (Lipinski definition) is 7. The number of fused-ring (bicyclic) bond motifs is 1. The Morgan fingerprint density at radius 3 is 2.77 bits per heavy atom. The first kappa shape index (κ1) is 21.5. The average Bonchev–Trinajstić information content (AvgIpc) is 3.22. The third kappa shape index (κ3) is 3.57. The van der Waals surface area contributed by atoms with Gasteiger partial charge in [0, 0.05) is 18.8 Å². The fraction of sp³-hybridized carbons (Fsp3) is 0.550. The van der Waals surface area contributed by atoms with Crippen LogP contribution in [0.25, 0.3) is 11.2 Å². The summed E-state index contributed by atoms with van der Waals surface area (Å²) in [5, 5.41) is 2.57. The second kappa shape index (κ2) is 7.91. The highest BCUT2D eigenvalue weighted by Crippen LogP contribution is 2.45. The maximum absolute atomic E-state index is 12.5. The van der Waals surface area contributed by atoms with Crippen molar-refractivity contribution in [3.8, 4) is 12.3 Å². The van der Waals surface area contributed by atoms with Gasteiger partial charge >= 0.3 is 5.97 Å². The van der Waals surface area contributed by atoms with Crippen molar-refractivity contribution in [1.29, 1.82) is 0 Å². The number of carbonyl (C=O) groups excluding carboxylic acids is 2. The van der Waals surface area contributed by atoms with Crippen LogP contribution in [0.3, 0.4) is 0 Å². The smallest absolute Gasteiger partial charge is 0.303 e. The predicted octanol–water partition coefficient (Wildman–Crippen LogP) is 1.59. The van der Waals surface area contributed by atoms with Gasteiger partial charge in [0.15, 0.2) is 23.5 Å². The quantitative estimate of drug-likeness (QED) is 0.560. The molecule has 1 aliphatic heterocycles. The standard InChI is InChI=1S/C20H25N5O5/c1-7-20(8-2)11(5)14(29-12(6)26)18(30-20)25-9-21-13-15(25)22-19(24-17(13)28)23-16(27)10(3)4/h1,9-11,14,18H,8H2,2-6H3,(H2,22,23,24,27,28)/t11?,14-,18+,20+/m0/s1. The maximum atomic E-state index is 12.5. The van der Waals surface area contributed by atoms with Gasteiger partial charge in [0.25, 0.3) is 5.56 Å². The zero-order valence-corrected chi connectivity index (χ0v) is 17.6. The van der Waals surface area contributed by atoms with Gasteiger partial charge in [-0.1, -0.05) is 33.6 Å². The molecule has 1 unspecified atom stereocenters. The minimum atomic E-state index is -0.961. The average molecular weight is 415 g/mol. The number of nitrogens with zero attached hydrogens (tertiary/aromatic N) is 3. The van der Waals surface area contributed by atoms with E-state index in [2.05, 4.69) is 26.2 Å². The number of amides is 1. The Morgan fingerprint density at radius 2 is 2.20 bits per heavy atom. The number of H-pyrrole nitrogens is 1. The first-order valence-electron chi connectivity index (χ1n) is 9.74. The molecule has 10 nitrogen and oxygen atoms in total. The summed E-state index contributed by atoms with van der Waals surface area (Å²) in [5.74, 6) is 1.27. The highest BCUT2D eigenvalue weighted by Gasteiger charge is 2.54. The van der Waals surface area contributed by atoms with Crippen LogP contribution in [-0.4, -0.2) is 43.1 Å². The van der Waals surface area contributed by atoms with Gasteiger partial charge in [-0.3, -0.25) is 29.3 Å². The summed E-state index contributed by atoms with van der Waals surface area (Å²) in [4.78, 5) is 47.2. The number of carbonyl (C=O) groups is 2. The number of imidazole rings is 1. The first-order chi connectivity index (χ1) is 14.1. The Kier molecular flexibility index (Phi) is 5.67. The van der Waals surface area contributed by atoms with Crippen molar-refractivity contribution >= 4 is 29.0 Å². The molecule has 10 heteroatoms. The van der Waals surface area contributed by atoms with E-state index < -0.39 is 29.5 Å². The molecule has 4 atom stereocenters. The molecule has 0 bridgehead atoms. The molecule has 2 N–H and O–H groups in total. The molecule has 1 aliphatic rings. The van der Waals surface area contributed by atoms with Crippen molar-refractivity contribution in [2.45, 2.75) is 59.0 Å². The number of aromatic nitrogens is 4. The van der Waals surface area contributed by atoms with Crippen molar-refractivity contribution in [3.05, 3.63) is 16.7 Å². The van der Waals surface area contributed by atoms with E-state index in [0.717, 1.165) is 0 Å². The van der Waals surface area contributed by atoms with Crippen LogP contribution in [0.4, 0.5) is 5.95 Å². The topological polar surface area (TPSA) is 128 Å². The Labute approximate surface area is 173 Å². The van der Waals surface area contributed by atoms with Gasteiger partial charge in [0.1, 0.15) is 5.60 Å². The highest BCUT2D eigenvalue weighted by atomic mass is 16.6. The minimum Gasteiger partial charge on any atom is -0.457 e. The van der Waals surface area contributed by atoms with Crippen molar-refractivity contribution < 1.29 is 19.1 Å². The van der Waals surface area contributed by atoms with Gasteiger partial charge in [0.2, 0.25) is 11.9 Å². The highest BCUT2D eigenvalue weighted by molar-refractivity contribution is 5.91. The maximum Gasteiger partial charge on any atom is 0.303 e. The van der Waals surface area contributed by atoms with Gasteiger partial charge in [-0.05, 0) is 6.42 Å². The predicted molar refractivity (Wildman–Crippen MR) is 108 cm³/mol. The zero-order valence-electron chi connectivity index (χ0n) is 17.6. The van der Waals surface area contributed by atoms with E-state index in [1.807, 2.05) is 13.8 Å². The molecule has 0 aliphatic carbocycles. The van der Waals surface area contributed by atoms with Crippen molar-refractivity contribution in [2.75, 3.05) is 5.32 Å². The number of hydrogen-bond donors (Lipinski definition) is 2. The molecule has 0 radical (unpaired) electrons. The molecule has 30 heavy (non-hydrogen) atoms. The number of ether oxygens (including phenoxy) is 2. The van der Waals surface area contributed by atoms with E-state index in [1.54, 1.807) is 13.8 Å². The summed E-state index contributed by atoms with van der Waals surface area (Å²) in [5.41, 5.74) is -1.25. The van der Waals surface area contributed by atoms with E-state index in [4.69, 9.17) is 15.9 Å². The Bertz CT molecular complexity index is 1080. The largest absolute Gasteiger partial charge is 0.457 e. The summed E-state index contributed by atoms with van der Waals surface area (Å²) in [7, 11) is 0. The number of aromatic amines is 1. The molecule has 1 amide bonds. The summed E-state index contributed by atoms with van der Waals surface area (Å²) < 4.78 is 13.2. The van der Waals surface area contributed by atoms with Crippen LogP contribution >= 0.6 is 0 Å². The van der Waals surface area contributed by atoms with Crippen LogP contribution in [-0.2, 0) is 19.1 Å². The van der Waals surface area contributed by atoms with Crippen LogP contribution in [0.15, 0.2) is 11.1 Å². The van der Waals surface area contributed by atoms with Crippen molar-refractivity contribution in [3.63, 3.8) is 0 Å². The minimum absolute atomic E-state index is 0.0123. The normalized spacial score (nSPS) is 26.0. The van der Waals surface area contributed by atoms with Gasteiger partial charge in [-0.25, -0.2) is 4.98 Å². The molecule has 3 rings (SSSR count). The van der Waals surface area contributed by atoms with Gasteiger partial charge in [0.05, 0.1) is 6.33 Å². The molecule has 160 valence electrons. The number of rotatable bonds is 5. The van der Waals surface area contributed by atoms with Crippen molar-refractivity contribution in [1.82, 2.24) is 19.5 Å². The second-order valence-corrected chi connectivity index (χ2v) is 7.64. The summed E-state index contributed by atoms with van der Waals surface area (Å²) in [6, 6.07) is 0. The summed E-state index contributed by atoms with van der Waals surface area (Å²) in [6.07, 6.45) is 6.09. The zero-order chi connectivity index (χ0) is 22.2. The number of nitrogens with one attached hydrogen (secondary N) is 2. The monoisotopic (exact) mass is 415 g/mol. The molecule has 2 aromatic rings. The molecular weight excluding hydrogens is 390 g/mol. The summed E-state index contributed by atoms with van der Waals surface area (Å²) >= 11 is 0. The van der Waals surface area contributed by atoms with Gasteiger partial charge in [-0.15, -0.1) is 6.42 Å². The second-order valence-electron chi connectivity index (χ2n) is 7.64. The molecule has 3 heterocycles.